The highest BCUT2D eigenvalue weighted by Crippen LogP contribution is 2.29. The molecule has 0 saturated carbocycles. The van der Waals surface area contributed by atoms with Crippen LogP contribution in [0.5, 0.6) is 0 Å². The summed E-state index contributed by atoms with van der Waals surface area (Å²) in [7, 11) is 1.64. The van der Waals surface area contributed by atoms with Crippen molar-refractivity contribution in [3.8, 4) is 5.69 Å². The number of halogens is 1. The Balaban J connectivity index is 0.00000225. The number of aromatic nitrogens is 3. The summed E-state index contributed by atoms with van der Waals surface area (Å²) in [6.45, 7) is 2.44. The SMILES string of the molecule is COCC1(C(=O)NCc2nncn2-c2ccccc2)CCNCC1.Cl. The molecule has 8 heteroatoms. The van der Waals surface area contributed by atoms with Crippen LogP contribution in [0.1, 0.15) is 18.7 Å². The Morgan fingerprint density at radius 2 is 2.04 bits per heavy atom. The van der Waals surface area contributed by atoms with Crippen LogP contribution in [0.3, 0.4) is 0 Å². The van der Waals surface area contributed by atoms with E-state index < -0.39 is 5.41 Å². The number of carbonyl (C=O) groups is 1. The highest BCUT2D eigenvalue weighted by Gasteiger charge is 2.39. The fourth-order valence-corrected chi connectivity index (χ4v) is 3.15. The number of rotatable bonds is 6. The van der Waals surface area contributed by atoms with E-state index in [0.717, 1.165) is 31.6 Å². The lowest BCUT2D eigenvalue weighted by molar-refractivity contribution is -0.136. The summed E-state index contributed by atoms with van der Waals surface area (Å²) in [5.41, 5.74) is 0.512. The number of methoxy groups -OCH3 is 1. The van der Waals surface area contributed by atoms with Gasteiger partial charge in [-0.1, -0.05) is 18.2 Å². The van der Waals surface area contributed by atoms with Gasteiger partial charge in [-0.25, -0.2) is 0 Å². The molecule has 2 N–H and O–H groups in total. The molecule has 1 saturated heterocycles. The molecule has 0 atom stereocenters. The van der Waals surface area contributed by atoms with Crippen LogP contribution < -0.4 is 10.6 Å². The van der Waals surface area contributed by atoms with E-state index in [1.54, 1.807) is 13.4 Å². The van der Waals surface area contributed by atoms with E-state index in [-0.39, 0.29) is 18.3 Å². The molecule has 0 bridgehead atoms. The van der Waals surface area contributed by atoms with Gasteiger partial charge in [0.25, 0.3) is 0 Å². The predicted octanol–water partition coefficient (Wildman–Crippen LogP) is 1.32. The average molecular weight is 366 g/mol. The molecule has 1 aromatic heterocycles. The van der Waals surface area contributed by atoms with Crippen LogP contribution in [-0.2, 0) is 16.1 Å². The second kappa shape index (κ2) is 8.94. The summed E-state index contributed by atoms with van der Waals surface area (Å²) < 4.78 is 7.19. The molecule has 25 heavy (non-hydrogen) atoms. The summed E-state index contributed by atoms with van der Waals surface area (Å²) in [4.78, 5) is 12.8. The van der Waals surface area contributed by atoms with Gasteiger partial charge in [0.05, 0.1) is 18.6 Å². The molecule has 1 amide bonds. The first-order chi connectivity index (χ1) is 11.7. The van der Waals surface area contributed by atoms with Gasteiger partial charge in [-0.2, -0.15) is 0 Å². The van der Waals surface area contributed by atoms with Gasteiger partial charge in [-0.15, -0.1) is 22.6 Å². The van der Waals surface area contributed by atoms with Crippen molar-refractivity contribution in [2.45, 2.75) is 19.4 Å². The van der Waals surface area contributed by atoms with Crippen LogP contribution in [0.4, 0.5) is 0 Å². The first-order valence-electron chi connectivity index (χ1n) is 8.17. The molecule has 0 spiro atoms. The molecule has 0 radical (unpaired) electrons. The quantitative estimate of drug-likeness (QED) is 0.807. The monoisotopic (exact) mass is 365 g/mol. The Morgan fingerprint density at radius 3 is 2.72 bits per heavy atom. The van der Waals surface area contributed by atoms with Gasteiger partial charge in [-0.05, 0) is 38.1 Å². The molecule has 2 heterocycles. The third-order valence-electron chi connectivity index (χ3n) is 4.52. The maximum Gasteiger partial charge on any atom is 0.229 e. The number of carbonyl (C=O) groups excluding carboxylic acids is 1. The van der Waals surface area contributed by atoms with E-state index in [0.29, 0.717) is 19.0 Å². The van der Waals surface area contributed by atoms with E-state index in [2.05, 4.69) is 20.8 Å². The number of nitrogens with one attached hydrogen (secondary N) is 2. The summed E-state index contributed by atoms with van der Waals surface area (Å²) in [6.07, 6.45) is 3.21. The molecular weight excluding hydrogens is 342 g/mol. The Bertz CT molecular complexity index is 665. The van der Waals surface area contributed by atoms with Crippen molar-refractivity contribution in [2.75, 3.05) is 26.8 Å². The molecule has 7 nitrogen and oxygen atoms in total. The lowest BCUT2D eigenvalue weighted by atomic mass is 9.78. The van der Waals surface area contributed by atoms with Crippen molar-refractivity contribution in [1.29, 1.82) is 0 Å². The highest BCUT2D eigenvalue weighted by atomic mass is 35.5. The number of piperidine rings is 1. The van der Waals surface area contributed by atoms with E-state index in [1.807, 2.05) is 34.9 Å². The van der Waals surface area contributed by atoms with Crippen molar-refractivity contribution in [1.82, 2.24) is 25.4 Å². The van der Waals surface area contributed by atoms with Gasteiger partial charge in [0.1, 0.15) is 6.33 Å². The third kappa shape index (κ3) is 4.36. The van der Waals surface area contributed by atoms with E-state index in [4.69, 9.17) is 4.74 Å². The average Bonchev–Trinajstić information content (AvgIpc) is 3.10. The molecule has 1 aliphatic rings. The third-order valence-corrected chi connectivity index (χ3v) is 4.52. The Labute approximate surface area is 153 Å². The zero-order valence-corrected chi connectivity index (χ0v) is 15.1. The molecule has 1 fully saturated rings. The lowest BCUT2D eigenvalue weighted by Crippen LogP contribution is -2.50. The number of para-hydroxylation sites is 1. The van der Waals surface area contributed by atoms with E-state index >= 15 is 0 Å². The topological polar surface area (TPSA) is 81.1 Å². The van der Waals surface area contributed by atoms with E-state index in [9.17, 15) is 4.79 Å². The molecule has 0 aliphatic carbocycles. The van der Waals surface area contributed by atoms with E-state index in [1.165, 1.54) is 0 Å². The maximum atomic E-state index is 12.8. The van der Waals surface area contributed by atoms with Crippen LogP contribution in [0.15, 0.2) is 36.7 Å². The summed E-state index contributed by atoms with van der Waals surface area (Å²) in [6, 6.07) is 9.84. The fourth-order valence-electron chi connectivity index (χ4n) is 3.15. The summed E-state index contributed by atoms with van der Waals surface area (Å²) in [5, 5.41) is 14.4. The minimum Gasteiger partial charge on any atom is -0.384 e. The standard InChI is InChI=1S/C17H23N5O2.ClH/c1-24-12-17(7-9-18-10-8-17)16(23)19-11-15-21-20-13-22(15)14-5-3-2-4-6-14;/h2-6,13,18H,7-12H2,1H3,(H,19,23);1H. The zero-order valence-electron chi connectivity index (χ0n) is 14.3. The van der Waals surface area contributed by atoms with Crippen molar-refractivity contribution in [3.05, 3.63) is 42.5 Å². The molecule has 136 valence electrons. The summed E-state index contributed by atoms with van der Waals surface area (Å²) in [5.74, 6) is 0.726. The normalized spacial score (nSPS) is 16.0. The van der Waals surface area contributed by atoms with Gasteiger partial charge < -0.3 is 15.4 Å². The number of ether oxygens (including phenoxy) is 1. The van der Waals surface area contributed by atoms with Crippen LogP contribution >= 0.6 is 12.4 Å². The highest BCUT2D eigenvalue weighted by molar-refractivity contribution is 5.85. The number of hydrogen-bond donors (Lipinski definition) is 2. The Kier molecular flexibility index (Phi) is 6.92. The molecular formula is C17H24ClN5O2. The van der Waals surface area contributed by atoms with Crippen LogP contribution in [0.25, 0.3) is 5.69 Å². The van der Waals surface area contributed by atoms with Gasteiger partial charge in [-0.3, -0.25) is 9.36 Å². The smallest absolute Gasteiger partial charge is 0.229 e. The molecule has 0 unspecified atom stereocenters. The Morgan fingerprint density at radius 1 is 1.32 bits per heavy atom. The number of hydrogen-bond acceptors (Lipinski definition) is 5. The van der Waals surface area contributed by atoms with Gasteiger partial charge in [0.15, 0.2) is 5.82 Å². The van der Waals surface area contributed by atoms with Crippen LogP contribution in [-0.4, -0.2) is 47.5 Å². The summed E-state index contributed by atoms with van der Waals surface area (Å²) >= 11 is 0. The van der Waals surface area contributed by atoms with Crippen molar-refractivity contribution in [3.63, 3.8) is 0 Å². The fraction of sp³-hybridized carbons (Fsp3) is 0.471. The molecule has 1 aliphatic heterocycles. The first kappa shape index (κ1) is 19.4. The van der Waals surface area contributed by atoms with Crippen molar-refractivity contribution >= 4 is 18.3 Å². The lowest BCUT2D eigenvalue weighted by Gasteiger charge is -2.35. The minimum absolute atomic E-state index is 0. The number of amides is 1. The van der Waals surface area contributed by atoms with Crippen LogP contribution in [0, 0.1) is 5.41 Å². The van der Waals surface area contributed by atoms with Gasteiger partial charge in [0.2, 0.25) is 5.91 Å². The predicted molar refractivity (Wildman–Crippen MR) is 96.9 cm³/mol. The molecule has 1 aromatic carbocycles. The molecule has 2 aromatic rings. The van der Waals surface area contributed by atoms with Crippen molar-refractivity contribution < 1.29 is 9.53 Å². The second-order valence-corrected chi connectivity index (χ2v) is 6.10. The van der Waals surface area contributed by atoms with Crippen LogP contribution in [0.2, 0.25) is 0 Å². The number of benzene rings is 1. The second-order valence-electron chi connectivity index (χ2n) is 6.10. The van der Waals surface area contributed by atoms with Gasteiger partial charge >= 0.3 is 0 Å². The largest absolute Gasteiger partial charge is 0.384 e. The van der Waals surface area contributed by atoms with Crippen molar-refractivity contribution in [2.24, 2.45) is 5.41 Å². The van der Waals surface area contributed by atoms with Gasteiger partial charge in [0, 0.05) is 12.8 Å². The maximum absolute atomic E-state index is 12.8. The zero-order chi connectivity index (χ0) is 16.8. The first-order valence-corrected chi connectivity index (χ1v) is 8.17. The minimum atomic E-state index is -0.461. The Hall–Kier alpha value is -1.96. The molecule has 3 rings (SSSR count). The number of nitrogens with zero attached hydrogens (tertiary/aromatic N) is 3.